The van der Waals surface area contributed by atoms with Crippen molar-refractivity contribution < 1.29 is 9.13 Å². The fourth-order valence-corrected chi connectivity index (χ4v) is 2.39. The van der Waals surface area contributed by atoms with Crippen LogP contribution in [0.5, 0.6) is 0 Å². The lowest BCUT2D eigenvalue weighted by molar-refractivity contribution is 0.177. The van der Waals surface area contributed by atoms with Gasteiger partial charge < -0.3 is 10.1 Å². The molecular weight excluding hydrogens is 217 g/mol. The zero-order valence-electron chi connectivity index (χ0n) is 10.4. The van der Waals surface area contributed by atoms with Gasteiger partial charge in [0.15, 0.2) is 0 Å². The second-order valence-electron chi connectivity index (χ2n) is 4.82. The van der Waals surface area contributed by atoms with E-state index in [1.807, 2.05) is 19.1 Å². The lowest BCUT2D eigenvalue weighted by Crippen LogP contribution is -2.35. The van der Waals surface area contributed by atoms with E-state index in [1.165, 1.54) is 6.07 Å². The van der Waals surface area contributed by atoms with Crippen molar-refractivity contribution in [3.63, 3.8) is 0 Å². The highest BCUT2D eigenvalue weighted by atomic mass is 19.1. The van der Waals surface area contributed by atoms with Crippen LogP contribution in [-0.4, -0.2) is 19.3 Å². The first-order chi connectivity index (χ1) is 8.18. The van der Waals surface area contributed by atoms with Crippen LogP contribution in [0.4, 0.5) is 4.39 Å². The normalized spacial score (nSPS) is 23.6. The first-order valence-corrected chi connectivity index (χ1v) is 6.26. The molecule has 1 aliphatic heterocycles. The van der Waals surface area contributed by atoms with Crippen LogP contribution < -0.4 is 5.32 Å². The molecule has 0 aliphatic carbocycles. The van der Waals surface area contributed by atoms with E-state index >= 15 is 0 Å². The molecule has 1 heterocycles. The van der Waals surface area contributed by atoms with E-state index in [1.54, 1.807) is 6.07 Å². The molecule has 0 spiro atoms. The standard InChI is InChI=1S/C14H20FNO/c1-10(12-7-8-17-9-12)16-11(2)13-5-3-4-6-14(13)15/h3-6,10-12,16H,7-9H2,1-2H3/t10?,11-,12?/m1/s1. The van der Waals surface area contributed by atoms with Gasteiger partial charge in [0.1, 0.15) is 5.82 Å². The molecule has 1 aliphatic rings. The summed E-state index contributed by atoms with van der Waals surface area (Å²) in [7, 11) is 0. The molecule has 0 aromatic heterocycles. The van der Waals surface area contributed by atoms with Crippen LogP contribution in [-0.2, 0) is 4.74 Å². The molecule has 1 aromatic carbocycles. The van der Waals surface area contributed by atoms with Crippen LogP contribution >= 0.6 is 0 Å². The van der Waals surface area contributed by atoms with Crippen molar-refractivity contribution in [1.29, 1.82) is 0 Å². The summed E-state index contributed by atoms with van der Waals surface area (Å²) in [6, 6.07) is 7.33. The lowest BCUT2D eigenvalue weighted by Gasteiger charge is -2.24. The molecule has 1 saturated heterocycles. The van der Waals surface area contributed by atoms with Gasteiger partial charge in [0.25, 0.3) is 0 Å². The number of hydrogen-bond acceptors (Lipinski definition) is 2. The highest BCUT2D eigenvalue weighted by Crippen LogP contribution is 2.21. The van der Waals surface area contributed by atoms with E-state index in [9.17, 15) is 4.39 Å². The number of ether oxygens (including phenoxy) is 1. The van der Waals surface area contributed by atoms with Crippen LogP contribution in [0.15, 0.2) is 24.3 Å². The Hall–Kier alpha value is -0.930. The van der Waals surface area contributed by atoms with Gasteiger partial charge in [-0.3, -0.25) is 0 Å². The molecule has 3 atom stereocenters. The third-order valence-corrected chi connectivity index (χ3v) is 3.56. The van der Waals surface area contributed by atoms with Crippen molar-refractivity contribution in [2.75, 3.05) is 13.2 Å². The zero-order chi connectivity index (χ0) is 12.3. The van der Waals surface area contributed by atoms with E-state index in [4.69, 9.17) is 4.74 Å². The Morgan fingerprint density at radius 3 is 2.76 bits per heavy atom. The Bertz CT molecular complexity index is 363. The Labute approximate surface area is 102 Å². The third-order valence-electron chi connectivity index (χ3n) is 3.56. The Balaban J connectivity index is 1.96. The minimum atomic E-state index is -0.137. The SMILES string of the molecule is CC(N[C@H](C)c1ccccc1F)C1CCOC1. The molecular formula is C14H20FNO. The van der Waals surface area contributed by atoms with Crippen molar-refractivity contribution >= 4 is 0 Å². The molecule has 2 rings (SSSR count). The largest absolute Gasteiger partial charge is 0.381 e. The van der Waals surface area contributed by atoms with Gasteiger partial charge in [0.05, 0.1) is 6.61 Å². The van der Waals surface area contributed by atoms with Crippen molar-refractivity contribution in [3.8, 4) is 0 Å². The molecule has 17 heavy (non-hydrogen) atoms. The molecule has 1 fully saturated rings. The summed E-state index contributed by atoms with van der Waals surface area (Å²) in [5, 5.41) is 3.46. The number of nitrogens with one attached hydrogen (secondary N) is 1. The van der Waals surface area contributed by atoms with Crippen molar-refractivity contribution in [1.82, 2.24) is 5.32 Å². The van der Waals surface area contributed by atoms with E-state index < -0.39 is 0 Å². The average Bonchev–Trinajstić information content (AvgIpc) is 2.82. The van der Waals surface area contributed by atoms with Crippen LogP contribution in [0, 0.1) is 11.7 Å². The summed E-state index contributed by atoms with van der Waals surface area (Å²) in [6.45, 7) is 5.82. The van der Waals surface area contributed by atoms with E-state index in [0.29, 0.717) is 12.0 Å². The van der Waals surface area contributed by atoms with Crippen molar-refractivity contribution in [3.05, 3.63) is 35.6 Å². The maximum atomic E-state index is 13.6. The third kappa shape index (κ3) is 3.05. The summed E-state index contributed by atoms with van der Waals surface area (Å²) < 4.78 is 19.0. The average molecular weight is 237 g/mol. The van der Waals surface area contributed by atoms with Crippen LogP contribution in [0.25, 0.3) is 0 Å². The van der Waals surface area contributed by atoms with E-state index in [2.05, 4.69) is 12.2 Å². The van der Waals surface area contributed by atoms with Crippen LogP contribution in [0.2, 0.25) is 0 Å². The lowest BCUT2D eigenvalue weighted by atomic mass is 9.98. The topological polar surface area (TPSA) is 21.3 Å². The van der Waals surface area contributed by atoms with Gasteiger partial charge in [-0.25, -0.2) is 4.39 Å². The van der Waals surface area contributed by atoms with Gasteiger partial charge in [0, 0.05) is 24.3 Å². The molecule has 1 N–H and O–H groups in total. The van der Waals surface area contributed by atoms with Crippen molar-refractivity contribution in [2.45, 2.75) is 32.4 Å². The maximum Gasteiger partial charge on any atom is 0.127 e. The monoisotopic (exact) mass is 237 g/mol. The molecule has 0 saturated carbocycles. The minimum absolute atomic E-state index is 0.0341. The zero-order valence-corrected chi connectivity index (χ0v) is 10.4. The highest BCUT2D eigenvalue weighted by molar-refractivity contribution is 5.20. The number of benzene rings is 1. The fourth-order valence-electron chi connectivity index (χ4n) is 2.39. The Morgan fingerprint density at radius 2 is 2.12 bits per heavy atom. The van der Waals surface area contributed by atoms with Crippen LogP contribution in [0.3, 0.4) is 0 Å². The van der Waals surface area contributed by atoms with E-state index in [-0.39, 0.29) is 11.9 Å². The quantitative estimate of drug-likeness (QED) is 0.869. The predicted octanol–water partition coefficient (Wildman–Crippen LogP) is 2.90. The molecule has 0 radical (unpaired) electrons. The second kappa shape index (κ2) is 5.61. The second-order valence-corrected chi connectivity index (χ2v) is 4.82. The van der Waals surface area contributed by atoms with Gasteiger partial charge in [-0.2, -0.15) is 0 Å². The molecule has 2 unspecified atom stereocenters. The molecule has 94 valence electrons. The number of rotatable bonds is 4. The maximum absolute atomic E-state index is 13.6. The summed E-state index contributed by atoms with van der Waals surface area (Å²) in [4.78, 5) is 0. The van der Waals surface area contributed by atoms with Gasteiger partial charge in [-0.05, 0) is 32.3 Å². The van der Waals surface area contributed by atoms with Crippen molar-refractivity contribution in [2.24, 2.45) is 5.92 Å². The number of halogens is 1. The van der Waals surface area contributed by atoms with Crippen LogP contribution in [0.1, 0.15) is 31.9 Å². The molecule has 0 bridgehead atoms. The van der Waals surface area contributed by atoms with Gasteiger partial charge in [0.2, 0.25) is 0 Å². The minimum Gasteiger partial charge on any atom is -0.381 e. The highest BCUT2D eigenvalue weighted by Gasteiger charge is 2.24. The van der Waals surface area contributed by atoms with Gasteiger partial charge in [-0.1, -0.05) is 18.2 Å². The molecule has 3 heteroatoms. The molecule has 0 amide bonds. The summed E-state index contributed by atoms with van der Waals surface area (Å²) in [5.41, 5.74) is 0.735. The number of hydrogen-bond donors (Lipinski definition) is 1. The summed E-state index contributed by atoms with van der Waals surface area (Å²) >= 11 is 0. The van der Waals surface area contributed by atoms with Gasteiger partial charge in [-0.15, -0.1) is 0 Å². The Morgan fingerprint density at radius 1 is 1.35 bits per heavy atom. The molecule has 2 nitrogen and oxygen atoms in total. The first kappa shape index (κ1) is 12.5. The smallest absolute Gasteiger partial charge is 0.127 e. The van der Waals surface area contributed by atoms with E-state index in [0.717, 1.165) is 25.2 Å². The van der Waals surface area contributed by atoms with Gasteiger partial charge >= 0.3 is 0 Å². The predicted molar refractivity (Wildman–Crippen MR) is 66.3 cm³/mol. The molecule has 1 aromatic rings. The first-order valence-electron chi connectivity index (χ1n) is 6.26. The fraction of sp³-hybridized carbons (Fsp3) is 0.571. The summed E-state index contributed by atoms with van der Waals surface area (Å²) in [6.07, 6.45) is 1.10. The Kier molecular flexibility index (Phi) is 4.13. The summed E-state index contributed by atoms with van der Waals surface area (Å²) in [5.74, 6) is 0.409.